The fourth-order valence-corrected chi connectivity index (χ4v) is 4.14. The smallest absolute Gasteiger partial charge is 0.488 e. The molecule has 1 atom stereocenters. The van der Waals surface area contributed by atoms with Gasteiger partial charge in [-0.15, -0.1) is 0 Å². The predicted molar refractivity (Wildman–Crippen MR) is 122 cm³/mol. The van der Waals surface area contributed by atoms with Crippen molar-refractivity contribution in [2.24, 2.45) is 0 Å². The average Bonchev–Trinajstić information content (AvgIpc) is 2.80. The van der Waals surface area contributed by atoms with E-state index in [4.69, 9.17) is 0 Å². The SMILES string of the molecule is CCCCNC(=O)CNC(=O)c1cc(B(O)O)cc([S+]([O-])c2cc(B(O)O)cc(C(F)(F)F)c2)c1. The van der Waals surface area contributed by atoms with E-state index in [1.807, 2.05) is 6.92 Å². The molecule has 9 nitrogen and oxygen atoms in total. The lowest BCUT2D eigenvalue weighted by molar-refractivity contribution is -0.137. The van der Waals surface area contributed by atoms with Crippen LogP contribution >= 0.6 is 0 Å². The van der Waals surface area contributed by atoms with E-state index in [1.54, 1.807) is 0 Å². The summed E-state index contributed by atoms with van der Waals surface area (Å²) in [6.07, 6.45) is -3.28. The van der Waals surface area contributed by atoms with Crippen LogP contribution in [0.3, 0.4) is 0 Å². The number of hydrogen-bond donors (Lipinski definition) is 6. The van der Waals surface area contributed by atoms with E-state index in [0.29, 0.717) is 18.7 Å². The van der Waals surface area contributed by atoms with Crippen LogP contribution in [0.1, 0.15) is 35.7 Å². The molecule has 2 aromatic carbocycles. The van der Waals surface area contributed by atoms with Crippen molar-refractivity contribution in [2.45, 2.75) is 35.7 Å². The first-order valence-corrected chi connectivity index (χ1v) is 11.5. The summed E-state index contributed by atoms with van der Waals surface area (Å²) in [5.41, 5.74) is -2.34. The molecule has 2 amide bonds. The summed E-state index contributed by atoms with van der Waals surface area (Å²) in [7, 11) is -4.38. The Labute approximate surface area is 202 Å². The molecular formula is C20H23B2F3N2O7S. The Hall–Kier alpha value is -2.55. The summed E-state index contributed by atoms with van der Waals surface area (Å²) in [6, 6.07) is 5.06. The molecule has 0 aliphatic heterocycles. The van der Waals surface area contributed by atoms with Gasteiger partial charge in [-0.1, -0.05) is 13.3 Å². The monoisotopic (exact) mass is 514 g/mol. The highest BCUT2D eigenvalue weighted by atomic mass is 32.2. The van der Waals surface area contributed by atoms with Crippen molar-refractivity contribution in [3.63, 3.8) is 0 Å². The van der Waals surface area contributed by atoms with Crippen LogP contribution in [0.4, 0.5) is 13.2 Å². The van der Waals surface area contributed by atoms with E-state index in [-0.39, 0.29) is 15.9 Å². The van der Waals surface area contributed by atoms with Crippen molar-refractivity contribution in [1.82, 2.24) is 10.6 Å². The Bertz CT molecular complexity index is 1060. The standard InChI is InChI=1S/C20H23B2F3N2O7S/c1-2-3-4-26-18(28)11-27-19(29)12-5-14(21(30)31)9-16(6-12)35(34)17-8-13(20(23,24)25)7-15(10-17)22(32)33/h5-10,30-33H,2-4,11H2,1H3,(H,26,28)(H,27,29). The first kappa shape index (κ1) is 28.7. The molecule has 0 saturated carbocycles. The first-order chi connectivity index (χ1) is 16.3. The van der Waals surface area contributed by atoms with Crippen LogP contribution in [0.15, 0.2) is 46.2 Å². The Morgan fingerprint density at radius 3 is 2.06 bits per heavy atom. The van der Waals surface area contributed by atoms with Gasteiger partial charge in [-0.05, 0) is 41.6 Å². The van der Waals surface area contributed by atoms with E-state index < -0.39 is 65.9 Å². The normalized spacial score (nSPS) is 12.1. The number of amides is 2. The molecule has 2 aromatic rings. The van der Waals surface area contributed by atoms with Crippen LogP contribution in [-0.2, 0) is 22.1 Å². The summed E-state index contributed by atoms with van der Waals surface area (Å²) >= 11 is -2.39. The van der Waals surface area contributed by atoms with Crippen molar-refractivity contribution in [3.05, 3.63) is 47.5 Å². The molecule has 0 aliphatic carbocycles. The van der Waals surface area contributed by atoms with Crippen LogP contribution in [0.5, 0.6) is 0 Å². The Kier molecular flexibility index (Phi) is 10.2. The highest BCUT2D eigenvalue weighted by molar-refractivity contribution is 7.91. The second-order valence-corrected chi connectivity index (χ2v) is 8.96. The molecule has 6 N–H and O–H groups in total. The van der Waals surface area contributed by atoms with Gasteiger partial charge in [-0.3, -0.25) is 9.59 Å². The average molecular weight is 514 g/mol. The van der Waals surface area contributed by atoms with E-state index in [9.17, 15) is 47.4 Å². The first-order valence-electron chi connectivity index (χ1n) is 10.4. The quantitative estimate of drug-likeness (QED) is 0.133. The van der Waals surface area contributed by atoms with Gasteiger partial charge in [0.05, 0.1) is 12.1 Å². The van der Waals surface area contributed by atoms with Gasteiger partial charge in [0, 0.05) is 35.4 Å². The molecule has 35 heavy (non-hydrogen) atoms. The van der Waals surface area contributed by atoms with Crippen molar-refractivity contribution < 1.29 is 47.4 Å². The van der Waals surface area contributed by atoms with E-state index in [1.165, 1.54) is 0 Å². The number of halogens is 3. The second-order valence-electron chi connectivity index (χ2n) is 7.48. The van der Waals surface area contributed by atoms with Gasteiger partial charge in [0.2, 0.25) is 5.91 Å². The van der Waals surface area contributed by atoms with Crippen LogP contribution in [0.25, 0.3) is 0 Å². The molecule has 0 heterocycles. The number of hydrogen-bond acceptors (Lipinski definition) is 7. The largest absolute Gasteiger partial charge is 0.606 e. The molecule has 0 fully saturated rings. The number of alkyl halides is 3. The lowest BCUT2D eigenvalue weighted by Gasteiger charge is -2.16. The highest BCUT2D eigenvalue weighted by Crippen LogP contribution is 2.31. The topological polar surface area (TPSA) is 162 Å². The van der Waals surface area contributed by atoms with Gasteiger partial charge >= 0.3 is 20.4 Å². The highest BCUT2D eigenvalue weighted by Gasteiger charge is 2.34. The van der Waals surface area contributed by atoms with Gasteiger partial charge in [-0.25, -0.2) is 0 Å². The van der Waals surface area contributed by atoms with Gasteiger partial charge in [0.25, 0.3) is 5.91 Å². The molecule has 1 unspecified atom stereocenters. The Morgan fingerprint density at radius 2 is 1.51 bits per heavy atom. The van der Waals surface area contributed by atoms with Gasteiger partial charge in [0.15, 0.2) is 9.79 Å². The van der Waals surface area contributed by atoms with Crippen molar-refractivity contribution >= 4 is 48.2 Å². The minimum Gasteiger partial charge on any atom is -0.606 e. The van der Waals surface area contributed by atoms with Crippen LogP contribution in [0, 0.1) is 0 Å². The minimum absolute atomic E-state index is 0.227. The zero-order chi connectivity index (χ0) is 26.3. The van der Waals surface area contributed by atoms with Crippen molar-refractivity contribution in [2.75, 3.05) is 13.1 Å². The molecule has 0 saturated heterocycles. The molecule has 0 spiro atoms. The predicted octanol–water partition coefficient (Wildman–Crippen LogP) is -1.12. The van der Waals surface area contributed by atoms with Crippen molar-refractivity contribution in [3.8, 4) is 0 Å². The fourth-order valence-electron chi connectivity index (χ4n) is 2.92. The third-order valence-corrected chi connectivity index (χ3v) is 6.06. The molecule has 188 valence electrons. The number of carbonyl (C=O) groups is 2. The van der Waals surface area contributed by atoms with Crippen LogP contribution in [-0.4, -0.2) is 63.8 Å². The Morgan fingerprint density at radius 1 is 0.943 bits per heavy atom. The summed E-state index contributed by atoms with van der Waals surface area (Å²) in [4.78, 5) is 23.6. The molecule has 15 heteroatoms. The summed E-state index contributed by atoms with van der Waals surface area (Å²) < 4.78 is 52.8. The molecule has 2 rings (SSSR count). The van der Waals surface area contributed by atoms with Crippen LogP contribution < -0.4 is 21.6 Å². The third-order valence-electron chi connectivity index (χ3n) is 4.73. The summed E-state index contributed by atoms with van der Waals surface area (Å²) in [5, 5.41) is 42.7. The molecular weight excluding hydrogens is 491 g/mol. The van der Waals surface area contributed by atoms with E-state index in [2.05, 4.69) is 10.6 Å². The van der Waals surface area contributed by atoms with E-state index >= 15 is 0 Å². The number of unbranched alkanes of at least 4 members (excludes halogenated alkanes) is 1. The lowest BCUT2D eigenvalue weighted by atomic mass is 9.79. The van der Waals surface area contributed by atoms with Crippen molar-refractivity contribution in [1.29, 1.82) is 0 Å². The lowest BCUT2D eigenvalue weighted by Crippen LogP contribution is -2.38. The number of carbonyl (C=O) groups excluding carboxylic acids is 2. The summed E-state index contributed by atoms with van der Waals surface area (Å²) in [5.74, 6) is -1.29. The minimum atomic E-state index is -4.88. The molecule has 0 bridgehead atoms. The number of nitrogens with one attached hydrogen (secondary N) is 2. The zero-order valence-electron chi connectivity index (χ0n) is 18.5. The summed E-state index contributed by atoms with van der Waals surface area (Å²) in [6.45, 7) is 1.96. The molecule has 0 radical (unpaired) electrons. The zero-order valence-corrected chi connectivity index (χ0v) is 19.3. The fraction of sp³-hybridized carbons (Fsp3) is 0.300. The van der Waals surface area contributed by atoms with E-state index in [0.717, 1.165) is 37.1 Å². The van der Waals surface area contributed by atoms with Crippen LogP contribution in [0.2, 0.25) is 0 Å². The maximum Gasteiger partial charge on any atom is 0.488 e. The van der Waals surface area contributed by atoms with Gasteiger partial charge in [-0.2, -0.15) is 13.2 Å². The maximum absolute atomic E-state index is 13.3. The van der Waals surface area contributed by atoms with Gasteiger partial charge in [0.1, 0.15) is 0 Å². The number of rotatable bonds is 10. The molecule has 0 aliphatic rings. The van der Waals surface area contributed by atoms with Gasteiger partial charge < -0.3 is 35.3 Å². The second kappa shape index (κ2) is 12.4. The molecule has 0 aromatic heterocycles. The maximum atomic E-state index is 13.3. The third kappa shape index (κ3) is 8.26. The number of benzene rings is 2. The Balaban J connectivity index is 2.38.